The normalized spacial score (nSPS) is 11.7. The van der Waals surface area contributed by atoms with E-state index in [4.69, 9.17) is 13.0 Å². The van der Waals surface area contributed by atoms with Gasteiger partial charge in [-0.15, -0.1) is 0 Å². The molecule has 5 rings (SSSR count). The number of hydrogen-bond donors (Lipinski definition) is 3. The molecule has 29 heavy (non-hydrogen) atoms. The van der Waals surface area contributed by atoms with Crippen LogP contribution in [0.15, 0.2) is 48.5 Å². The Kier molecular flexibility index (Phi) is 6.46. The van der Waals surface area contributed by atoms with Gasteiger partial charge in [0.15, 0.2) is 0 Å². The van der Waals surface area contributed by atoms with Crippen molar-refractivity contribution in [1.82, 2.24) is 19.9 Å². The van der Waals surface area contributed by atoms with Crippen LogP contribution in [0.25, 0.3) is 46.4 Å². The Balaban J connectivity index is 0.000000443. The van der Waals surface area contributed by atoms with Gasteiger partial charge in [-0.05, 0) is 72.8 Å². The van der Waals surface area contributed by atoms with E-state index in [2.05, 4.69) is 50.3 Å². The monoisotopic (exact) mass is 447 g/mol. The van der Waals surface area contributed by atoms with E-state index in [9.17, 15) is 0 Å². The Labute approximate surface area is 178 Å². The SMILES string of the molecule is C1=Cc2cc3ccc(cc4ccc(cc5nc(cc1n2)C=C5)[nH]4)[nH]3.O=[S-](=O)O.[Fe]. The molecule has 5 heterocycles. The van der Waals surface area contributed by atoms with Crippen molar-refractivity contribution in [1.29, 1.82) is 0 Å². The van der Waals surface area contributed by atoms with Crippen LogP contribution in [-0.4, -0.2) is 24.5 Å². The van der Waals surface area contributed by atoms with E-state index in [1.54, 1.807) is 0 Å². The maximum atomic E-state index is 8.56. The zero-order valence-corrected chi connectivity index (χ0v) is 16.8. The topological polar surface area (TPSA) is 112 Å². The minimum atomic E-state index is -2.86. The number of nitrogens with one attached hydrogen (secondary N) is 2. The molecule has 9 heteroatoms. The van der Waals surface area contributed by atoms with Gasteiger partial charge < -0.3 is 22.9 Å². The fraction of sp³-hybridized carbons (Fsp3) is 0. The molecule has 0 aliphatic carbocycles. The molecule has 2 aliphatic rings. The van der Waals surface area contributed by atoms with E-state index in [1.807, 2.05) is 42.5 Å². The zero-order chi connectivity index (χ0) is 19.5. The van der Waals surface area contributed by atoms with Crippen molar-refractivity contribution in [3.8, 4) is 0 Å². The number of fused-ring (bicyclic) bond motifs is 8. The van der Waals surface area contributed by atoms with Gasteiger partial charge in [0, 0.05) is 50.1 Å². The number of rotatable bonds is 0. The quantitative estimate of drug-likeness (QED) is 0.141. The van der Waals surface area contributed by atoms with Crippen molar-refractivity contribution < 1.29 is 30.0 Å². The zero-order valence-electron chi connectivity index (χ0n) is 14.8. The number of aromatic nitrogens is 4. The van der Waals surface area contributed by atoms with Crippen molar-refractivity contribution in [2.75, 3.05) is 0 Å². The Morgan fingerprint density at radius 2 is 0.931 bits per heavy atom. The van der Waals surface area contributed by atoms with Crippen molar-refractivity contribution in [3.63, 3.8) is 0 Å². The summed E-state index contributed by atoms with van der Waals surface area (Å²) < 4.78 is 24.1. The predicted molar refractivity (Wildman–Crippen MR) is 110 cm³/mol. The Morgan fingerprint density at radius 1 is 0.621 bits per heavy atom. The molecule has 148 valence electrons. The molecule has 0 saturated carbocycles. The van der Waals surface area contributed by atoms with Crippen LogP contribution in [0.5, 0.6) is 0 Å². The fourth-order valence-electron chi connectivity index (χ4n) is 2.94. The van der Waals surface area contributed by atoms with E-state index in [-0.39, 0.29) is 17.1 Å². The molecule has 0 aromatic carbocycles. The Bertz CT molecular complexity index is 1240. The van der Waals surface area contributed by atoms with Gasteiger partial charge in [-0.3, -0.25) is 0 Å². The van der Waals surface area contributed by atoms with Gasteiger partial charge in [0.25, 0.3) is 0 Å². The van der Waals surface area contributed by atoms with E-state index in [0.717, 1.165) is 44.8 Å². The van der Waals surface area contributed by atoms with E-state index in [1.165, 1.54) is 0 Å². The first kappa shape index (κ1) is 20.8. The van der Waals surface area contributed by atoms with Crippen molar-refractivity contribution >= 4 is 57.4 Å². The summed E-state index contributed by atoms with van der Waals surface area (Å²) in [5.74, 6) is 0. The maximum absolute atomic E-state index is 8.56. The van der Waals surface area contributed by atoms with Gasteiger partial charge in [-0.2, -0.15) is 0 Å². The smallest absolute Gasteiger partial charge is 0.0659 e. The molecule has 0 unspecified atom stereocenters. The maximum Gasteiger partial charge on any atom is 0.0659 e. The minimum absolute atomic E-state index is 0. The third-order valence-electron chi connectivity index (χ3n) is 4.04. The first-order valence-corrected chi connectivity index (χ1v) is 9.39. The minimum Gasteiger partial charge on any atom is -0.439 e. The predicted octanol–water partition coefficient (Wildman–Crippen LogP) is 4.42. The van der Waals surface area contributed by atoms with Crippen LogP contribution in [0.4, 0.5) is 0 Å². The summed E-state index contributed by atoms with van der Waals surface area (Å²) in [5.41, 5.74) is 7.86. The van der Waals surface area contributed by atoms with Gasteiger partial charge in [0.2, 0.25) is 0 Å². The summed E-state index contributed by atoms with van der Waals surface area (Å²) in [4.78, 5) is 16.0. The summed E-state index contributed by atoms with van der Waals surface area (Å²) in [5, 5.41) is 0. The molecule has 0 atom stereocenters. The van der Waals surface area contributed by atoms with Gasteiger partial charge in [-0.25, -0.2) is 9.97 Å². The first-order chi connectivity index (χ1) is 13.5. The molecule has 0 saturated heterocycles. The number of H-pyrrole nitrogens is 2. The summed E-state index contributed by atoms with van der Waals surface area (Å²) in [6, 6.07) is 16.4. The van der Waals surface area contributed by atoms with Crippen molar-refractivity contribution in [2.24, 2.45) is 0 Å². The first-order valence-electron chi connectivity index (χ1n) is 8.36. The number of hydrogen-bond acceptors (Lipinski definition) is 5. The van der Waals surface area contributed by atoms with Gasteiger partial charge >= 0.3 is 0 Å². The molecule has 0 amide bonds. The second kappa shape index (κ2) is 9.02. The van der Waals surface area contributed by atoms with Gasteiger partial charge in [0.05, 0.1) is 22.8 Å². The molecular formula is C20H15FeN4O3S-. The second-order valence-corrected chi connectivity index (χ2v) is 6.56. The average molecular weight is 447 g/mol. The Hall–Kier alpha value is -2.97. The third kappa shape index (κ3) is 5.52. The van der Waals surface area contributed by atoms with Crippen LogP contribution in [0.2, 0.25) is 0 Å². The largest absolute Gasteiger partial charge is 0.439 e. The summed E-state index contributed by atoms with van der Waals surface area (Å²) in [6.07, 6.45) is 8.05. The summed E-state index contributed by atoms with van der Waals surface area (Å²) in [7, 11) is -2.86. The summed E-state index contributed by atoms with van der Waals surface area (Å²) >= 11 is 0. The number of nitrogens with zero attached hydrogens (tertiary/aromatic N) is 2. The summed E-state index contributed by atoms with van der Waals surface area (Å²) in [6.45, 7) is 0. The molecule has 2 aliphatic heterocycles. The van der Waals surface area contributed by atoms with Crippen molar-refractivity contribution in [2.45, 2.75) is 0 Å². The standard InChI is InChI=1S/C20H14N4.Fe.HO3S/c1-2-14-10-16-5-6-18(23-16)12-20-8-7-19(24-20)11-17-4-3-15(22-17)9-13(1)21-14;;1-4(2)3/h1-12,21-22H;;(H,1,2,3)/q;;-1. The third-order valence-corrected chi connectivity index (χ3v) is 4.04. The van der Waals surface area contributed by atoms with Crippen LogP contribution in [0.1, 0.15) is 22.8 Å². The van der Waals surface area contributed by atoms with Crippen LogP contribution in [0, 0.1) is 0 Å². The second-order valence-electron chi connectivity index (χ2n) is 6.12. The van der Waals surface area contributed by atoms with Crippen LogP contribution >= 0.6 is 0 Å². The van der Waals surface area contributed by atoms with Gasteiger partial charge in [0.1, 0.15) is 0 Å². The molecule has 0 radical (unpaired) electrons. The molecular weight excluding hydrogens is 432 g/mol. The molecule has 3 N–H and O–H groups in total. The van der Waals surface area contributed by atoms with Crippen molar-refractivity contribution in [3.05, 3.63) is 71.3 Å². The Morgan fingerprint density at radius 3 is 1.31 bits per heavy atom. The molecule has 3 aromatic heterocycles. The average Bonchev–Trinajstić information content (AvgIpc) is 3.39. The molecule has 0 spiro atoms. The van der Waals surface area contributed by atoms with Crippen LogP contribution < -0.4 is 0 Å². The van der Waals surface area contributed by atoms with E-state index < -0.39 is 11.0 Å². The fourth-order valence-corrected chi connectivity index (χ4v) is 2.94. The van der Waals surface area contributed by atoms with Crippen LogP contribution in [0.3, 0.4) is 0 Å². The van der Waals surface area contributed by atoms with E-state index in [0.29, 0.717) is 0 Å². The molecule has 3 aromatic rings. The van der Waals surface area contributed by atoms with E-state index >= 15 is 0 Å². The number of aromatic amines is 2. The van der Waals surface area contributed by atoms with Crippen LogP contribution in [-0.2, 0) is 36.5 Å². The van der Waals surface area contributed by atoms with Gasteiger partial charge in [-0.1, -0.05) is 0 Å². The molecule has 7 nitrogen and oxygen atoms in total. The molecule has 0 fully saturated rings. The molecule has 8 bridgehead atoms.